The average molecular weight is 753 g/mol. The summed E-state index contributed by atoms with van der Waals surface area (Å²) in [5.74, 6) is -0.853. The van der Waals surface area contributed by atoms with Gasteiger partial charge in [-0.3, -0.25) is 0 Å². The van der Waals surface area contributed by atoms with Gasteiger partial charge in [0.15, 0.2) is 11.6 Å². The van der Waals surface area contributed by atoms with Crippen molar-refractivity contribution in [2.24, 2.45) is 0 Å². The van der Waals surface area contributed by atoms with E-state index in [1.165, 1.54) is 16.9 Å². The van der Waals surface area contributed by atoms with Crippen LogP contribution in [0.15, 0.2) is 103 Å². The number of nitrogens with one attached hydrogen (secondary N) is 2. The molecule has 2 aliphatic heterocycles. The zero-order valence-electron chi connectivity index (χ0n) is 30.6. The first-order valence-corrected chi connectivity index (χ1v) is 18.0. The number of aromatic carboxylic acids is 2. The minimum absolute atomic E-state index is 0.0404. The van der Waals surface area contributed by atoms with Crippen LogP contribution in [0, 0.1) is 0 Å². The van der Waals surface area contributed by atoms with Gasteiger partial charge in [0.25, 0.3) is 5.69 Å². The molecule has 2 aliphatic rings. The molecule has 14 heteroatoms. The van der Waals surface area contributed by atoms with E-state index in [-0.39, 0.29) is 22.3 Å². The first-order valence-electron chi connectivity index (χ1n) is 18.0. The van der Waals surface area contributed by atoms with Crippen molar-refractivity contribution in [3.8, 4) is 51.3 Å². The Balaban J connectivity index is 1.28. The Kier molecular flexibility index (Phi) is 7.28. The van der Waals surface area contributed by atoms with Crippen molar-refractivity contribution in [2.45, 2.75) is 26.2 Å². The third-order valence-electron chi connectivity index (χ3n) is 10.0. The second kappa shape index (κ2) is 12.3. The highest BCUT2D eigenvalue weighted by molar-refractivity contribution is 6.06. The lowest BCUT2D eigenvalue weighted by Crippen LogP contribution is -2.35. The number of nitrogens with zero attached hydrogens (tertiary/aromatic N) is 7. The number of fused-ring (bicyclic) bond motifs is 20. The first-order chi connectivity index (χ1) is 27.5. The molecule has 0 radical (unpaired) electrons. The van der Waals surface area contributed by atoms with Gasteiger partial charge in [-0.25, -0.2) is 29.5 Å². The van der Waals surface area contributed by atoms with Crippen LogP contribution in [0.3, 0.4) is 0 Å². The van der Waals surface area contributed by atoms with Crippen molar-refractivity contribution in [1.29, 1.82) is 0 Å². The number of aromatic nitrogens is 9. The summed E-state index contributed by atoms with van der Waals surface area (Å²) < 4.78 is 6.09. The second-order valence-electron chi connectivity index (χ2n) is 14.8. The maximum Gasteiger partial charge on any atom is 0.335 e. The molecule has 5 aromatic carbocycles. The second-order valence-corrected chi connectivity index (χ2v) is 14.8. The van der Waals surface area contributed by atoms with Crippen LogP contribution >= 0.6 is 0 Å². The number of benzene rings is 5. The van der Waals surface area contributed by atoms with Crippen molar-refractivity contribution >= 4 is 56.1 Å². The van der Waals surface area contributed by atoms with Gasteiger partial charge in [-0.2, -0.15) is 0 Å². The number of para-hydroxylation sites is 1. The minimum Gasteiger partial charge on any atom is -0.478 e. The summed E-state index contributed by atoms with van der Waals surface area (Å²) in [5.41, 5.74) is 5.69. The van der Waals surface area contributed by atoms with Gasteiger partial charge in [0.1, 0.15) is 34.0 Å². The van der Waals surface area contributed by atoms with Gasteiger partial charge >= 0.3 is 11.9 Å². The average Bonchev–Trinajstić information content (AvgIpc) is 3.92. The van der Waals surface area contributed by atoms with E-state index in [2.05, 4.69) is 48.9 Å². The number of carbonyl (C=O) groups is 2. The summed E-state index contributed by atoms with van der Waals surface area (Å²) in [6.07, 6.45) is 0. The van der Waals surface area contributed by atoms with E-state index < -0.39 is 11.9 Å². The summed E-state index contributed by atoms with van der Waals surface area (Å²) in [5, 5.41) is 32.2. The maximum atomic E-state index is 11.8. The zero-order chi connectivity index (χ0) is 39.2. The number of carboxylic acids is 2. The number of hydrogen-bond donors (Lipinski definition) is 4. The predicted molar refractivity (Wildman–Crippen MR) is 211 cm³/mol. The summed E-state index contributed by atoms with van der Waals surface area (Å²) in [6, 6.07) is 30.6. The van der Waals surface area contributed by atoms with E-state index in [0.717, 1.165) is 39.1 Å². The lowest BCUT2D eigenvalue weighted by Gasteiger charge is -2.18. The molecule has 0 fully saturated rings. The Morgan fingerprint density at radius 1 is 0.561 bits per heavy atom. The van der Waals surface area contributed by atoms with Gasteiger partial charge in [0, 0.05) is 38.7 Å². The van der Waals surface area contributed by atoms with Gasteiger partial charge in [-0.1, -0.05) is 69.3 Å². The Hall–Kier alpha value is -7.87. The number of hydrogen-bond acceptors (Lipinski definition) is 9. The number of carboxylic acid groups (broad SMARTS) is 2. The topological polar surface area (TPSA) is 197 Å². The molecule has 4 N–H and O–H groups in total. The van der Waals surface area contributed by atoms with Crippen molar-refractivity contribution < 1.29 is 29.3 Å². The SMILES string of the molecule is CC(C)(C)c1ccc2c3nc4nc(nc5[nH]c(n[n+]6nc(nc([nH]3)c2c1)-c1ccccc1-6)c1cc(Oc2cc(C(=O)O)cc(C(=O)O)c2)ccc51)-c1ccccc1-4. The van der Waals surface area contributed by atoms with Gasteiger partial charge < -0.3 is 24.9 Å². The van der Waals surface area contributed by atoms with Crippen LogP contribution in [0.1, 0.15) is 47.1 Å². The molecular formula is C43H30N9O5+. The van der Waals surface area contributed by atoms with Crippen molar-refractivity contribution in [3.05, 3.63) is 120 Å². The Morgan fingerprint density at radius 2 is 1.12 bits per heavy atom. The zero-order valence-corrected chi connectivity index (χ0v) is 30.6. The Morgan fingerprint density at radius 3 is 1.77 bits per heavy atom. The molecule has 57 heavy (non-hydrogen) atoms. The number of rotatable bonds is 4. The monoisotopic (exact) mass is 752 g/mol. The molecule has 5 heterocycles. The predicted octanol–water partition coefficient (Wildman–Crippen LogP) is 7.97. The van der Waals surface area contributed by atoms with Gasteiger partial charge in [-0.15, -0.1) is 0 Å². The summed E-state index contributed by atoms with van der Waals surface area (Å²) in [6.45, 7) is 6.51. The van der Waals surface area contributed by atoms with Gasteiger partial charge in [0.05, 0.1) is 26.1 Å². The molecule has 8 aromatic rings. The van der Waals surface area contributed by atoms with Crippen molar-refractivity contribution in [2.75, 3.05) is 0 Å². The van der Waals surface area contributed by atoms with Crippen LogP contribution < -0.4 is 9.53 Å². The summed E-state index contributed by atoms with van der Waals surface area (Å²) in [7, 11) is 0. The van der Waals surface area contributed by atoms with Gasteiger partial charge in [0.2, 0.25) is 11.5 Å². The van der Waals surface area contributed by atoms with Crippen LogP contribution in [0.25, 0.3) is 84.0 Å². The normalized spacial score (nSPS) is 12.1. The fourth-order valence-corrected chi connectivity index (χ4v) is 7.15. The standard InChI is InChI=1S/C43H29N9O5/c1-43(2,3)23-12-14-28-31(19-23)38-47-36(28)45-34-26-8-4-5-9-27(26)35(44-34)46-37-29-15-13-24(57-25-17-21(41(53)54)16-22(18-25)42(55)56)20-32(29)40(48-37)51-52-33-11-7-6-10-30(33)39(49-38)50-52/h4-20H,1-3H3,(H3,44,45,46,47,48,49,50,51,53,54,55,56)/p+1. The molecule has 0 aliphatic carbocycles. The van der Waals surface area contributed by atoms with E-state index >= 15 is 0 Å². The Labute approximate surface area is 322 Å². The quantitative estimate of drug-likeness (QED) is 0.127. The van der Waals surface area contributed by atoms with Gasteiger partial charge in [-0.05, 0) is 59.5 Å². The molecule has 0 saturated heterocycles. The fraction of sp³-hybridized carbons (Fsp3) is 0.0930. The largest absolute Gasteiger partial charge is 0.478 e. The van der Waals surface area contributed by atoms with Crippen LogP contribution in [-0.2, 0) is 5.41 Å². The van der Waals surface area contributed by atoms with Crippen LogP contribution in [0.4, 0.5) is 0 Å². The highest BCUT2D eigenvalue weighted by Gasteiger charge is 2.29. The van der Waals surface area contributed by atoms with Crippen molar-refractivity contribution in [1.82, 2.24) is 40.1 Å². The number of aromatic amines is 2. The third-order valence-corrected chi connectivity index (χ3v) is 10.0. The molecular weight excluding hydrogens is 723 g/mol. The van der Waals surface area contributed by atoms with Crippen molar-refractivity contribution in [3.63, 3.8) is 0 Å². The Bertz CT molecular complexity index is 3200. The highest BCUT2D eigenvalue weighted by atomic mass is 16.5. The molecule has 0 amide bonds. The van der Waals surface area contributed by atoms with E-state index in [1.807, 2.05) is 48.5 Å². The molecule has 14 nitrogen and oxygen atoms in total. The van der Waals surface area contributed by atoms with Crippen LogP contribution in [0.2, 0.25) is 0 Å². The molecule has 0 saturated carbocycles. The summed E-state index contributed by atoms with van der Waals surface area (Å²) in [4.78, 5) is 52.2. The summed E-state index contributed by atoms with van der Waals surface area (Å²) >= 11 is 0. The molecule has 0 atom stereocenters. The molecule has 10 rings (SSSR count). The van der Waals surface area contributed by atoms with Crippen LogP contribution in [0.5, 0.6) is 11.5 Å². The number of H-pyrrole nitrogens is 2. The number of ether oxygens (including phenoxy) is 1. The lowest BCUT2D eigenvalue weighted by molar-refractivity contribution is -0.711. The molecule has 0 unspecified atom stereocenters. The lowest BCUT2D eigenvalue weighted by atomic mass is 9.86. The van der Waals surface area contributed by atoms with E-state index in [0.29, 0.717) is 62.3 Å². The molecule has 8 bridgehead atoms. The molecule has 3 aromatic heterocycles. The van der Waals surface area contributed by atoms with E-state index in [1.54, 1.807) is 18.2 Å². The first kappa shape index (κ1) is 33.7. The smallest absolute Gasteiger partial charge is 0.335 e. The fourth-order valence-electron chi connectivity index (χ4n) is 7.15. The third kappa shape index (κ3) is 5.69. The van der Waals surface area contributed by atoms with Crippen LogP contribution in [-0.4, -0.2) is 62.3 Å². The molecule has 0 spiro atoms. The molecule has 276 valence electrons. The minimum atomic E-state index is -1.28. The highest BCUT2D eigenvalue weighted by Crippen LogP contribution is 2.36. The maximum absolute atomic E-state index is 11.8. The van der Waals surface area contributed by atoms with E-state index in [4.69, 9.17) is 34.9 Å². The van der Waals surface area contributed by atoms with E-state index in [9.17, 15) is 19.8 Å².